The van der Waals surface area contributed by atoms with E-state index in [-0.39, 0.29) is 25.0 Å². The molecule has 2 N–H and O–H groups in total. The maximum Gasteiger partial charge on any atom is 0.0873 e. The lowest BCUT2D eigenvalue weighted by Gasteiger charge is -2.48. The molecule has 0 aliphatic carbocycles. The van der Waals surface area contributed by atoms with Gasteiger partial charge in [-0.3, -0.25) is 9.80 Å². The van der Waals surface area contributed by atoms with Crippen LogP contribution in [0.5, 0.6) is 0 Å². The lowest BCUT2D eigenvalue weighted by atomic mass is 9.75. The average molecular weight is 593 g/mol. The lowest BCUT2D eigenvalue weighted by Crippen LogP contribution is -2.45. The molecule has 6 nitrogen and oxygen atoms in total. The van der Waals surface area contributed by atoms with E-state index in [0.717, 1.165) is 25.9 Å². The van der Waals surface area contributed by atoms with E-state index in [2.05, 4.69) is 121 Å². The van der Waals surface area contributed by atoms with Crippen LogP contribution in [0.3, 0.4) is 0 Å². The first-order valence-electron chi connectivity index (χ1n) is 16.5. The Morgan fingerprint density at radius 2 is 1.05 bits per heavy atom. The molecule has 4 aliphatic heterocycles. The van der Waals surface area contributed by atoms with Crippen LogP contribution in [-0.4, -0.2) is 69.5 Å². The molecule has 6 atom stereocenters. The Hall–Kier alpha value is -3.16. The van der Waals surface area contributed by atoms with Gasteiger partial charge in [-0.05, 0) is 89.7 Å². The Kier molecular flexibility index (Phi) is 7.61. The lowest BCUT2D eigenvalue weighted by molar-refractivity contribution is 0.0764. The minimum absolute atomic E-state index is 0.226. The summed E-state index contributed by atoms with van der Waals surface area (Å²) in [6.45, 7) is 11.2. The summed E-state index contributed by atoms with van der Waals surface area (Å²) in [5, 5.41) is 22.9. The first kappa shape index (κ1) is 29.5. The number of aliphatic hydroxyl groups excluding tert-OH is 2. The van der Waals surface area contributed by atoms with Gasteiger partial charge < -0.3 is 19.3 Å². The minimum Gasteiger partial charge on any atom is -0.396 e. The molecule has 0 radical (unpaired) electrons. The number of piperidine rings is 2. The van der Waals surface area contributed by atoms with E-state index in [0.29, 0.717) is 24.2 Å². The zero-order valence-corrected chi connectivity index (χ0v) is 27.2. The van der Waals surface area contributed by atoms with Gasteiger partial charge in [-0.2, -0.15) is 0 Å². The Morgan fingerprint density at radius 3 is 1.41 bits per heavy atom. The van der Waals surface area contributed by atoms with Crippen LogP contribution in [0.4, 0.5) is 0 Å². The monoisotopic (exact) mass is 592 g/mol. The molecule has 0 spiro atoms. The second kappa shape index (κ2) is 11.3. The molecule has 6 heteroatoms. The molecule has 4 bridgehead atoms. The highest BCUT2D eigenvalue weighted by Crippen LogP contribution is 2.51. The number of para-hydroxylation sites is 2. The normalized spacial score (nSPS) is 30.0. The van der Waals surface area contributed by atoms with Crippen molar-refractivity contribution in [3.05, 3.63) is 94.3 Å². The smallest absolute Gasteiger partial charge is 0.0873 e. The summed E-state index contributed by atoms with van der Waals surface area (Å²) in [6, 6.07) is 17.3. The fourth-order valence-electron chi connectivity index (χ4n) is 9.46. The summed E-state index contributed by atoms with van der Waals surface area (Å²) >= 11 is 0. The standard InChI is InChI=1S/2C19H24N2O/c2*1-4-13-10-20(3)18-9-15(13)16(11-22)19-12(2)14-7-5-6-8-17(14)21(18)19/h2*4-8,15-16,18,22H,9-11H2,1-3H3/b2*13-4-/t2*15-,16-,18+/m10/s1. The fraction of sp³-hybridized carbons (Fsp3) is 0.474. The van der Waals surface area contributed by atoms with Gasteiger partial charge in [0.05, 0.1) is 25.5 Å². The van der Waals surface area contributed by atoms with Crippen molar-refractivity contribution in [1.29, 1.82) is 0 Å². The van der Waals surface area contributed by atoms with Crippen molar-refractivity contribution in [1.82, 2.24) is 18.9 Å². The number of likely N-dealkylation sites (N-methyl/N-ethyl adjacent to an activating group) is 2. The predicted molar refractivity (Wildman–Crippen MR) is 180 cm³/mol. The van der Waals surface area contributed by atoms with Crippen LogP contribution in [0.2, 0.25) is 0 Å². The first-order valence-corrected chi connectivity index (χ1v) is 16.5. The molecule has 4 aliphatic rings. The summed E-state index contributed by atoms with van der Waals surface area (Å²) in [7, 11) is 4.44. The number of allylic oxidation sites excluding steroid dienone is 2. The molecule has 0 amide bonds. The predicted octanol–water partition coefficient (Wildman–Crippen LogP) is 6.87. The maximum atomic E-state index is 10.1. The molecule has 2 aromatic heterocycles. The van der Waals surface area contributed by atoms with E-state index in [9.17, 15) is 10.2 Å². The third kappa shape index (κ3) is 4.22. The Morgan fingerprint density at radius 1 is 0.659 bits per heavy atom. The third-order valence-electron chi connectivity index (χ3n) is 11.6. The Bertz CT molecular complexity index is 1650. The summed E-state index contributed by atoms with van der Waals surface area (Å²) in [6.07, 6.45) is 7.54. The fourth-order valence-corrected chi connectivity index (χ4v) is 9.46. The second-order valence-electron chi connectivity index (χ2n) is 13.6. The van der Waals surface area contributed by atoms with Gasteiger partial charge in [0.25, 0.3) is 0 Å². The number of hydrogen-bond acceptors (Lipinski definition) is 4. The van der Waals surface area contributed by atoms with Gasteiger partial charge in [0.1, 0.15) is 0 Å². The third-order valence-corrected chi connectivity index (χ3v) is 11.6. The van der Waals surface area contributed by atoms with E-state index >= 15 is 0 Å². The van der Waals surface area contributed by atoms with Gasteiger partial charge in [0, 0.05) is 58.1 Å². The van der Waals surface area contributed by atoms with Crippen LogP contribution in [0.15, 0.2) is 71.8 Å². The zero-order valence-electron chi connectivity index (χ0n) is 27.2. The summed E-state index contributed by atoms with van der Waals surface area (Å²) in [5.74, 6) is 1.41. The topological polar surface area (TPSA) is 56.8 Å². The van der Waals surface area contributed by atoms with Crippen LogP contribution in [-0.2, 0) is 0 Å². The summed E-state index contributed by atoms with van der Waals surface area (Å²) in [5.41, 5.74) is 11.0. The highest BCUT2D eigenvalue weighted by molar-refractivity contribution is 5.87. The molecule has 0 saturated carbocycles. The number of aryl methyl sites for hydroxylation is 2. The van der Waals surface area contributed by atoms with Gasteiger partial charge in [-0.25, -0.2) is 0 Å². The number of aliphatic hydroxyl groups is 2. The molecule has 6 heterocycles. The zero-order chi connectivity index (χ0) is 30.9. The number of nitrogens with zero attached hydrogens (tertiary/aromatic N) is 4. The van der Waals surface area contributed by atoms with Crippen molar-refractivity contribution in [2.45, 2.75) is 64.7 Å². The van der Waals surface area contributed by atoms with Gasteiger partial charge in [0.2, 0.25) is 0 Å². The molecule has 2 saturated heterocycles. The van der Waals surface area contributed by atoms with E-state index in [1.165, 1.54) is 55.5 Å². The highest BCUT2D eigenvalue weighted by atomic mass is 16.3. The van der Waals surface area contributed by atoms with Crippen LogP contribution in [0.25, 0.3) is 21.8 Å². The Balaban J connectivity index is 0.000000142. The van der Waals surface area contributed by atoms with Crippen molar-refractivity contribution < 1.29 is 10.2 Å². The van der Waals surface area contributed by atoms with Gasteiger partial charge in [0.15, 0.2) is 0 Å². The van der Waals surface area contributed by atoms with Crippen LogP contribution in [0.1, 0.15) is 73.4 Å². The molecule has 2 aromatic carbocycles. The minimum atomic E-state index is 0.226. The van der Waals surface area contributed by atoms with Crippen molar-refractivity contribution in [2.24, 2.45) is 11.8 Å². The summed E-state index contributed by atoms with van der Waals surface area (Å²) in [4.78, 5) is 4.91. The SMILES string of the molecule is C/C=C1/CN(C)[C@@H]2C[C@H]1[C@@H](CO)c1c(C)c3ccccc3n12.C/C=C1/CN(C)[C@H]2C[C@@H]1[C@H](CO)c1c(C)c3ccccc3n12. The van der Waals surface area contributed by atoms with Crippen LogP contribution < -0.4 is 0 Å². The van der Waals surface area contributed by atoms with E-state index in [1.807, 2.05) is 0 Å². The number of fused-ring (bicyclic) bond motifs is 12. The molecular weight excluding hydrogens is 544 g/mol. The van der Waals surface area contributed by atoms with Crippen molar-refractivity contribution in [2.75, 3.05) is 40.4 Å². The van der Waals surface area contributed by atoms with Crippen molar-refractivity contribution in [3.63, 3.8) is 0 Å². The van der Waals surface area contributed by atoms with Crippen molar-refractivity contribution >= 4 is 21.8 Å². The number of likely N-dealkylation sites (tertiary alicyclic amines) is 2. The van der Waals surface area contributed by atoms with Crippen molar-refractivity contribution in [3.8, 4) is 0 Å². The molecular formula is C38H48N4O2. The number of rotatable bonds is 2. The molecule has 2 fully saturated rings. The second-order valence-corrected chi connectivity index (χ2v) is 13.6. The van der Waals surface area contributed by atoms with Gasteiger partial charge >= 0.3 is 0 Å². The Labute approximate surface area is 261 Å². The van der Waals surface area contributed by atoms with E-state index < -0.39 is 0 Å². The molecule has 0 unspecified atom stereocenters. The van der Waals surface area contributed by atoms with E-state index in [4.69, 9.17) is 0 Å². The van der Waals surface area contributed by atoms with Gasteiger partial charge in [-0.1, -0.05) is 59.7 Å². The largest absolute Gasteiger partial charge is 0.396 e. The molecule has 8 rings (SSSR count). The first-order chi connectivity index (χ1) is 21.3. The molecule has 232 valence electrons. The van der Waals surface area contributed by atoms with Crippen LogP contribution in [0, 0.1) is 25.7 Å². The molecule has 4 aromatic rings. The van der Waals surface area contributed by atoms with E-state index in [1.54, 1.807) is 0 Å². The quantitative estimate of drug-likeness (QED) is 0.250. The summed E-state index contributed by atoms with van der Waals surface area (Å²) < 4.78 is 4.99. The number of benzene rings is 2. The number of aromatic nitrogens is 2. The maximum absolute atomic E-state index is 10.1. The molecule has 44 heavy (non-hydrogen) atoms. The average Bonchev–Trinajstić information content (AvgIpc) is 3.52. The van der Waals surface area contributed by atoms with Crippen LogP contribution >= 0.6 is 0 Å². The number of hydrogen-bond donors (Lipinski definition) is 2. The highest BCUT2D eigenvalue weighted by Gasteiger charge is 2.44. The van der Waals surface area contributed by atoms with Gasteiger partial charge in [-0.15, -0.1) is 0 Å².